The van der Waals surface area contributed by atoms with E-state index in [-0.39, 0.29) is 11.9 Å². The van der Waals surface area contributed by atoms with Crippen molar-refractivity contribution in [2.75, 3.05) is 13.1 Å². The first-order valence-electron chi connectivity index (χ1n) is 9.38. The van der Waals surface area contributed by atoms with E-state index < -0.39 is 5.25 Å². The van der Waals surface area contributed by atoms with Crippen LogP contribution in [0, 0.1) is 6.92 Å². The van der Waals surface area contributed by atoms with Crippen LogP contribution in [-0.4, -0.2) is 49.9 Å². The van der Waals surface area contributed by atoms with E-state index in [0.29, 0.717) is 24.1 Å². The third-order valence-corrected chi connectivity index (χ3v) is 5.71. The van der Waals surface area contributed by atoms with Crippen molar-refractivity contribution in [3.05, 3.63) is 60.2 Å². The molecule has 1 aliphatic rings. The van der Waals surface area contributed by atoms with Crippen molar-refractivity contribution in [2.24, 2.45) is 0 Å². The van der Waals surface area contributed by atoms with E-state index in [1.807, 2.05) is 60.0 Å². The first-order valence-corrected chi connectivity index (χ1v) is 10.3. The number of nitrogens with zero attached hydrogens (tertiary/aromatic N) is 4. The minimum Gasteiger partial charge on any atom is -0.336 e. The Kier molecular flexibility index (Phi) is 5.35. The van der Waals surface area contributed by atoms with E-state index >= 15 is 0 Å². The van der Waals surface area contributed by atoms with Crippen molar-refractivity contribution in [1.82, 2.24) is 25.0 Å². The van der Waals surface area contributed by atoms with Crippen LogP contribution in [0.4, 0.5) is 4.79 Å². The molecule has 2 heterocycles. The van der Waals surface area contributed by atoms with Gasteiger partial charge in [0.15, 0.2) is 11.0 Å². The fraction of sp³-hybridized carbons (Fsp3) is 0.238. The van der Waals surface area contributed by atoms with E-state index in [1.165, 1.54) is 16.7 Å². The minimum atomic E-state index is -0.476. The van der Waals surface area contributed by atoms with E-state index in [1.54, 1.807) is 6.92 Å². The van der Waals surface area contributed by atoms with Crippen molar-refractivity contribution >= 4 is 23.7 Å². The second-order valence-corrected chi connectivity index (χ2v) is 8.14. The molecule has 0 bridgehead atoms. The molecule has 1 saturated heterocycles. The number of amides is 3. The maximum Gasteiger partial charge on any atom is 0.324 e. The number of hydrogen-bond donors (Lipinski definition) is 1. The lowest BCUT2D eigenvalue weighted by Crippen LogP contribution is -2.39. The number of thioether (sulfide) groups is 1. The van der Waals surface area contributed by atoms with Crippen molar-refractivity contribution < 1.29 is 9.59 Å². The summed E-state index contributed by atoms with van der Waals surface area (Å²) in [6.07, 6.45) is 0. The van der Waals surface area contributed by atoms with Crippen LogP contribution >= 0.6 is 11.8 Å². The SMILES string of the molecule is Cc1cccc(-c2nnc(SC(C)C(=O)N3CCNC3=O)n2-c2ccccc2)c1. The summed E-state index contributed by atoms with van der Waals surface area (Å²) in [5.74, 6) is 0.477. The Morgan fingerprint density at radius 3 is 2.62 bits per heavy atom. The number of para-hydroxylation sites is 1. The van der Waals surface area contributed by atoms with Crippen molar-refractivity contribution in [3.63, 3.8) is 0 Å². The van der Waals surface area contributed by atoms with Crippen LogP contribution < -0.4 is 5.32 Å². The van der Waals surface area contributed by atoms with E-state index in [9.17, 15) is 9.59 Å². The zero-order valence-electron chi connectivity index (χ0n) is 16.2. The Morgan fingerprint density at radius 1 is 1.14 bits per heavy atom. The van der Waals surface area contributed by atoms with Gasteiger partial charge in [0.1, 0.15) is 0 Å². The van der Waals surface area contributed by atoms with Crippen molar-refractivity contribution in [3.8, 4) is 17.1 Å². The molecule has 0 saturated carbocycles. The van der Waals surface area contributed by atoms with Gasteiger partial charge in [-0.05, 0) is 32.0 Å². The van der Waals surface area contributed by atoms with Crippen LogP contribution in [0.25, 0.3) is 17.1 Å². The van der Waals surface area contributed by atoms with Gasteiger partial charge in [-0.1, -0.05) is 53.7 Å². The van der Waals surface area contributed by atoms with Crippen molar-refractivity contribution in [1.29, 1.82) is 0 Å². The smallest absolute Gasteiger partial charge is 0.324 e. The summed E-state index contributed by atoms with van der Waals surface area (Å²) in [6.45, 7) is 4.70. The molecule has 0 radical (unpaired) electrons. The zero-order valence-corrected chi connectivity index (χ0v) is 17.0. The lowest BCUT2D eigenvalue weighted by Gasteiger charge is -2.17. The number of rotatable bonds is 5. The molecule has 7 nitrogen and oxygen atoms in total. The average molecular weight is 407 g/mol. The first-order chi connectivity index (χ1) is 14.0. The van der Waals surface area contributed by atoms with Gasteiger partial charge in [0.25, 0.3) is 0 Å². The summed E-state index contributed by atoms with van der Waals surface area (Å²) in [5.41, 5.74) is 2.99. The standard InChI is InChI=1S/C21H21N5O2S/c1-14-7-6-8-16(13-14)18-23-24-21(26(18)17-9-4-3-5-10-17)29-15(2)19(27)25-12-11-22-20(25)28/h3-10,13,15H,11-12H2,1-2H3,(H,22,28). The van der Waals surface area contributed by atoms with Crippen LogP contribution in [0.3, 0.4) is 0 Å². The third kappa shape index (κ3) is 3.88. The van der Waals surface area contributed by atoms with Gasteiger partial charge in [0.05, 0.1) is 5.25 Å². The Labute approximate surface area is 173 Å². The Bertz CT molecular complexity index is 1050. The number of aryl methyl sites for hydroxylation is 1. The molecule has 3 amide bonds. The van der Waals surface area contributed by atoms with E-state index in [0.717, 1.165) is 16.8 Å². The molecule has 1 fully saturated rings. The monoisotopic (exact) mass is 407 g/mol. The van der Waals surface area contributed by atoms with Gasteiger partial charge in [-0.3, -0.25) is 14.3 Å². The Morgan fingerprint density at radius 2 is 1.93 bits per heavy atom. The normalized spacial score (nSPS) is 14.7. The van der Waals surface area contributed by atoms with Gasteiger partial charge < -0.3 is 5.32 Å². The molecular formula is C21H21N5O2S. The number of carbonyl (C=O) groups is 2. The minimum absolute atomic E-state index is 0.232. The number of hydrogen-bond acceptors (Lipinski definition) is 5. The third-order valence-electron chi connectivity index (χ3n) is 4.68. The molecule has 1 N–H and O–H groups in total. The quantitative estimate of drug-likeness (QED) is 0.657. The highest BCUT2D eigenvalue weighted by Gasteiger charge is 2.31. The van der Waals surface area contributed by atoms with E-state index in [2.05, 4.69) is 21.6 Å². The van der Waals surface area contributed by atoms with Gasteiger partial charge >= 0.3 is 6.03 Å². The number of urea groups is 1. The van der Waals surface area contributed by atoms with Crippen LogP contribution in [0.5, 0.6) is 0 Å². The van der Waals surface area contributed by atoms with Gasteiger partial charge in [-0.2, -0.15) is 0 Å². The van der Waals surface area contributed by atoms with Crippen LogP contribution in [-0.2, 0) is 4.79 Å². The topological polar surface area (TPSA) is 80.1 Å². The molecule has 1 aromatic heterocycles. The van der Waals surface area contributed by atoms with Crippen molar-refractivity contribution in [2.45, 2.75) is 24.3 Å². The second-order valence-electron chi connectivity index (χ2n) is 6.83. The summed E-state index contributed by atoms with van der Waals surface area (Å²) >= 11 is 1.30. The van der Waals surface area contributed by atoms with Crippen LogP contribution in [0.2, 0.25) is 0 Å². The molecule has 0 spiro atoms. The maximum absolute atomic E-state index is 12.7. The zero-order chi connectivity index (χ0) is 20.4. The molecular weight excluding hydrogens is 386 g/mol. The Balaban J connectivity index is 1.70. The number of imide groups is 1. The molecule has 8 heteroatoms. The summed E-state index contributed by atoms with van der Waals surface area (Å²) in [7, 11) is 0. The predicted molar refractivity (Wildman–Crippen MR) is 112 cm³/mol. The summed E-state index contributed by atoms with van der Waals surface area (Å²) in [5, 5.41) is 11.6. The molecule has 148 valence electrons. The number of aromatic nitrogens is 3. The lowest BCUT2D eigenvalue weighted by atomic mass is 10.1. The average Bonchev–Trinajstić information content (AvgIpc) is 3.34. The lowest BCUT2D eigenvalue weighted by molar-refractivity contribution is -0.126. The van der Waals surface area contributed by atoms with Gasteiger partial charge in [0, 0.05) is 24.3 Å². The second kappa shape index (κ2) is 8.08. The van der Waals surface area contributed by atoms with Crippen LogP contribution in [0.15, 0.2) is 59.8 Å². The molecule has 2 aromatic carbocycles. The number of carbonyl (C=O) groups excluding carboxylic acids is 2. The Hall–Kier alpha value is -3.13. The van der Waals surface area contributed by atoms with Crippen LogP contribution in [0.1, 0.15) is 12.5 Å². The largest absolute Gasteiger partial charge is 0.336 e. The van der Waals surface area contributed by atoms with Gasteiger partial charge in [-0.25, -0.2) is 4.79 Å². The highest BCUT2D eigenvalue weighted by molar-refractivity contribution is 8.00. The number of nitrogens with one attached hydrogen (secondary N) is 1. The fourth-order valence-corrected chi connectivity index (χ4v) is 4.17. The summed E-state index contributed by atoms with van der Waals surface area (Å²) in [6, 6.07) is 17.5. The van der Waals surface area contributed by atoms with Gasteiger partial charge in [-0.15, -0.1) is 10.2 Å². The molecule has 4 rings (SSSR count). The summed E-state index contributed by atoms with van der Waals surface area (Å²) < 4.78 is 1.95. The highest BCUT2D eigenvalue weighted by Crippen LogP contribution is 2.31. The molecule has 3 aromatic rings. The fourth-order valence-electron chi connectivity index (χ4n) is 3.24. The predicted octanol–water partition coefficient (Wildman–Crippen LogP) is 3.28. The molecule has 29 heavy (non-hydrogen) atoms. The number of benzene rings is 2. The highest BCUT2D eigenvalue weighted by atomic mass is 32.2. The maximum atomic E-state index is 12.7. The van der Waals surface area contributed by atoms with Gasteiger partial charge in [0.2, 0.25) is 5.91 Å². The molecule has 1 unspecified atom stereocenters. The molecule has 0 aliphatic carbocycles. The molecule has 1 atom stereocenters. The first kappa shape index (κ1) is 19.2. The molecule has 1 aliphatic heterocycles. The van der Waals surface area contributed by atoms with E-state index in [4.69, 9.17) is 0 Å². The summed E-state index contributed by atoms with van der Waals surface area (Å²) in [4.78, 5) is 25.8.